The molecule has 2 N–H and O–H groups in total. The van der Waals surface area contributed by atoms with Gasteiger partial charge in [-0.25, -0.2) is 0 Å². The van der Waals surface area contributed by atoms with E-state index in [4.69, 9.17) is 41.0 Å². The minimum atomic E-state index is -0.407. The first-order valence-electron chi connectivity index (χ1n) is 8.14. The van der Waals surface area contributed by atoms with Crippen LogP contribution in [-0.4, -0.2) is 41.3 Å². The van der Waals surface area contributed by atoms with Crippen molar-refractivity contribution >= 4 is 29.1 Å². The number of nitrogens with two attached hydrogens (primary N) is 1. The number of ether oxygens (including phenoxy) is 5. The molecule has 0 spiro atoms. The van der Waals surface area contributed by atoms with Crippen LogP contribution in [0.2, 0.25) is 0 Å². The van der Waals surface area contributed by atoms with Crippen LogP contribution in [0.15, 0.2) is 29.3 Å². The Kier molecular flexibility index (Phi) is 7.00. The number of hydrogen-bond donors (Lipinski definition) is 1. The fraction of sp³-hybridized carbons (Fsp3) is 0.250. The second kappa shape index (κ2) is 9.23. The number of nitrogen functional groups attached to an aromatic ring is 1. The number of hydrogen-bond acceptors (Lipinski definition) is 7. The summed E-state index contributed by atoms with van der Waals surface area (Å²) in [7, 11) is 7.39. The fourth-order valence-corrected chi connectivity index (χ4v) is 2.89. The third-order valence-corrected chi connectivity index (χ3v) is 4.29. The second-order valence-corrected chi connectivity index (χ2v) is 5.95. The first-order valence-corrected chi connectivity index (χ1v) is 8.51. The van der Waals surface area contributed by atoms with E-state index in [0.29, 0.717) is 45.6 Å². The average Bonchev–Trinajstić information content (AvgIpc) is 2.72. The third kappa shape index (κ3) is 4.09. The highest BCUT2D eigenvalue weighted by atomic mass is 35.5. The third-order valence-electron chi connectivity index (χ3n) is 4.01. The van der Waals surface area contributed by atoms with Crippen molar-refractivity contribution in [3.63, 3.8) is 0 Å². The molecular weight excluding hydrogens is 386 g/mol. The summed E-state index contributed by atoms with van der Waals surface area (Å²) in [5.74, 6) is 1.42. The molecule has 150 valence electrons. The van der Waals surface area contributed by atoms with Gasteiger partial charge in [0.1, 0.15) is 5.75 Å². The minimum absolute atomic E-state index is 0.0422. The highest BCUT2D eigenvalue weighted by Crippen LogP contribution is 2.47. The van der Waals surface area contributed by atoms with Gasteiger partial charge in [-0.05, 0) is 30.3 Å². The SMILES string of the molecule is COc1cc(C(=O)C(Cl)=Cc2cc(OC)c(OC)c(OC)c2OC)ccc1N. The Labute approximate surface area is 168 Å². The van der Waals surface area contributed by atoms with Crippen LogP contribution < -0.4 is 29.4 Å². The van der Waals surface area contributed by atoms with Crippen LogP contribution in [0.1, 0.15) is 15.9 Å². The topological polar surface area (TPSA) is 89.2 Å². The molecule has 0 fully saturated rings. The molecule has 8 heteroatoms. The summed E-state index contributed by atoms with van der Waals surface area (Å²) in [6.07, 6.45) is 1.47. The Morgan fingerprint density at radius 2 is 1.46 bits per heavy atom. The summed E-state index contributed by atoms with van der Waals surface area (Å²) < 4.78 is 26.7. The normalized spacial score (nSPS) is 11.0. The largest absolute Gasteiger partial charge is 0.495 e. The molecule has 7 nitrogen and oxygen atoms in total. The van der Waals surface area contributed by atoms with Crippen molar-refractivity contribution in [1.29, 1.82) is 0 Å². The van der Waals surface area contributed by atoms with E-state index in [1.807, 2.05) is 0 Å². The Morgan fingerprint density at radius 3 is 2.00 bits per heavy atom. The molecule has 0 saturated carbocycles. The zero-order valence-electron chi connectivity index (χ0n) is 16.3. The maximum Gasteiger partial charge on any atom is 0.207 e. The zero-order chi connectivity index (χ0) is 20.8. The predicted octanol–water partition coefficient (Wildman–Crippen LogP) is 3.77. The molecule has 2 rings (SSSR count). The lowest BCUT2D eigenvalue weighted by Crippen LogP contribution is -2.03. The Balaban J connectivity index is 2.55. The Hall–Kier alpha value is -3.06. The average molecular weight is 408 g/mol. The van der Waals surface area contributed by atoms with E-state index >= 15 is 0 Å². The van der Waals surface area contributed by atoms with Crippen LogP contribution in [-0.2, 0) is 0 Å². The molecule has 2 aromatic carbocycles. The van der Waals surface area contributed by atoms with Crippen LogP contribution in [0.3, 0.4) is 0 Å². The number of carbonyl (C=O) groups is 1. The van der Waals surface area contributed by atoms with E-state index in [0.717, 1.165) is 0 Å². The van der Waals surface area contributed by atoms with E-state index in [2.05, 4.69) is 0 Å². The first-order chi connectivity index (χ1) is 13.4. The van der Waals surface area contributed by atoms with E-state index in [1.165, 1.54) is 47.7 Å². The molecule has 28 heavy (non-hydrogen) atoms. The first kappa shape index (κ1) is 21.2. The Morgan fingerprint density at radius 1 is 0.857 bits per heavy atom. The van der Waals surface area contributed by atoms with Crippen molar-refractivity contribution in [2.45, 2.75) is 0 Å². The van der Waals surface area contributed by atoms with Gasteiger partial charge in [0.2, 0.25) is 17.3 Å². The molecule has 0 aliphatic rings. The van der Waals surface area contributed by atoms with Gasteiger partial charge in [-0.1, -0.05) is 11.6 Å². The van der Waals surface area contributed by atoms with Crippen molar-refractivity contribution in [1.82, 2.24) is 0 Å². The minimum Gasteiger partial charge on any atom is -0.495 e. The predicted molar refractivity (Wildman–Crippen MR) is 108 cm³/mol. The monoisotopic (exact) mass is 407 g/mol. The number of ketones is 1. The Bertz CT molecular complexity index is 910. The maximum absolute atomic E-state index is 12.7. The lowest BCUT2D eigenvalue weighted by molar-refractivity contribution is 0.104. The van der Waals surface area contributed by atoms with E-state index < -0.39 is 5.78 Å². The quantitative estimate of drug-likeness (QED) is 0.404. The number of allylic oxidation sites excluding steroid dienone is 1. The summed E-state index contributed by atoms with van der Waals surface area (Å²) in [6, 6.07) is 6.32. The standard InChI is InChI=1S/C20H22ClNO6/c1-24-15-9-11(6-7-14(15)22)17(23)13(21)8-12-10-16(25-2)19(27-4)20(28-5)18(12)26-3/h6-10H,22H2,1-5H3. The van der Waals surface area contributed by atoms with Gasteiger partial charge >= 0.3 is 0 Å². The van der Waals surface area contributed by atoms with Gasteiger partial charge in [0.25, 0.3) is 0 Å². The molecule has 0 radical (unpaired) electrons. The fourth-order valence-electron chi connectivity index (χ4n) is 2.66. The molecule has 0 aliphatic carbocycles. The van der Waals surface area contributed by atoms with Gasteiger partial charge in [-0.15, -0.1) is 0 Å². The number of rotatable bonds is 8. The molecule has 0 heterocycles. The molecule has 0 atom stereocenters. The van der Waals surface area contributed by atoms with Crippen molar-refractivity contribution < 1.29 is 28.5 Å². The van der Waals surface area contributed by atoms with Crippen molar-refractivity contribution in [3.05, 3.63) is 40.4 Å². The second-order valence-electron chi connectivity index (χ2n) is 5.55. The van der Waals surface area contributed by atoms with Crippen molar-refractivity contribution in [3.8, 4) is 28.7 Å². The number of benzene rings is 2. The van der Waals surface area contributed by atoms with E-state index in [-0.39, 0.29) is 5.03 Å². The van der Waals surface area contributed by atoms with E-state index in [1.54, 1.807) is 18.2 Å². The van der Waals surface area contributed by atoms with Crippen LogP contribution in [0, 0.1) is 0 Å². The van der Waals surface area contributed by atoms with Crippen LogP contribution in [0.4, 0.5) is 5.69 Å². The number of Topliss-reactive ketones (excluding diaryl/α,β-unsaturated/α-hetero) is 1. The molecule has 0 unspecified atom stereocenters. The molecular formula is C20H22ClNO6. The molecule has 0 aromatic heterocycles. The highest BCUT2D eigenvalue weighted by Gasteiger charge is 2.22. The van der Waals surface area contributed by atoms with Crippen molar-refractivity contribution in [2.24, 2.45) is 0 Å². The molecule has 2 aromatic rings. The van der Waals surface area contributed by atoms with Gasteiger partial charge in [-0.3, -0.25) is 4.79 Å². The summed E-state index contributed by atoms with van der Waals surface area (Å²) in [6.45, 7) is 0. The zero-order valence-corrected chi connectivity index (χ0v) is 17.0. The molecule has 0 saturated heterocycles. The van der Waals surface area contributed by atoms with Gasteiger partial charge in [0, 0.05) is 11.1 Å². The lowest BCUT2D eigenvalue weighted by Gasteiger charge is -2.17. The summed E-state index contributed by atoms with van der Waals surface area (Å²) in [5, 5.41) is -0.0422. The number of anilines is 1. The number of carbonyl (C=O) groups excluding carboxylic acids is 1. The molecule has 0 aliphatic heterocycles. The van der Waals surface area contributed by atoms with Gasteiger partial charge in [0.05, 0.1) is 46.3 Å². The van der Waals surface area contributed by atoms with Gasteiger partial charge < -0.3 is 29.4 Å². The summed E-state index contributed by atoms with van der Waals surface area (Å²) in [4.78, 5) is 12.7. The highest BCUT2D eigenvalue weighted by molar-refractivity contribution is 6.47. The smallest absolute Gasteiger partial charge is 0.207 e. The van der Waals surface area contributed by atoms with Gasteiger partial charge in [0.15, 0.2) is 11.5 Å². The van der Waals surface area contributed by atoms with Crippen LogP contribution in [0.25, 0.3) is 6.08 Å². The maximum atomic E-state index is 12.7. The molecule has 0 amide bonds. The van der Waals surface area contributed by atoms with E-state index in [9.17, 15) is 4.79 Å². The molecule has 0 bridgehead atoms. The van der Waals surface area contributed by atoms with Crippen molar-refractivity contribution in [2.75, 3.05) is 41.3 Å². The van der Waals surface area contributed by atoms with Crippen LogP contribution in [0.5, 0.6) is 28.7 Å². The number of halogens is 1. The van der Waals surface area contributed by atoms with Crippen LogP contribution >= 0.6 is 11.6 Å². The summed E-state index contributed by atoms with van der Waals surface area (Å²) >= 11 is 6.30. The van der Waals surface area contributed by atoms with Gasteiger partial charge in [-0.2, -0.15) is 0 Å². The lowest BCUT2D eigenvalue weighted by atomic mass is 10.1. The number of methoxy groups -OCH3 is 5. The summed E-state index contributed by atoms with van der Waals surface area (Å²) in [5.41, 5.74) is 7.03.